The molecule has 4 heteroatoms. The van der Waals surface area contributed by atoms with Crippen molar-refractivity contribution < 1.29 is 4.79 Å². The minimum absolute atomic E-state index is 0.162. The number of piperidine rings is 1. The zero-order valence-corrected chi connectivity index (χ0v) is 13.4. The van der Waals surface area contributed by atoms with Crippen molar-refractivity contribution in [2.45, 2.75) is 57.7 Å². The molecular formula is C18H27N3O. The Morgan fingerprint density at radius 2 is 1.95 bits per heavy atom. The van der Waals surface area contributed by atoms with Crippen molar-refractivity contribution in [3.8, 4) is 0 Å². The first-order chi connectivity index (χ1) is 10.7. The molecule has 2 atom stereocenters. The van der Waals surface area contributed by atoms with Gasteiger partial charge in [0.25, 0.3) is 0 Å². The SMILES string of the molecule is CCNCc1ccccc1NC(=O)CC1CC2CCC(C1)N2. The molecule has 4 nitrogen and oxygen atoms in total. The predicted octanol–water partition coefficient (Wildman–Crippen LogP) is 2.66. The fraction of sp³-hybridized carbons (Fsp3) is 0.611. The monoisotopic (exact) mass is 301 g/mol. The van der Waals surface area contributed by atoms with Crippen molar-refractivity contribution in [1.29, 1.82) is 0 Å². The van der Waals surface area contributed by atoms with Crippen LogP contribution in [0.25, 0.3) is 0 Å². The molecule has 22 heavy (non-hydrogen) atoms. The molecule has 2 saturated heterocycles. The summed E-state index contributed by atoms with van der Waals surface area (Å²) in [6, 6.07) is 9.37. The molecule has 1 aromatic rings. The van der Waals surface area contributed by atoms with E-state index in [0.29, 0.717) is 24.4 Å². The molecule has 0 aromatic heterocycles. The molecule has 120 valence electrons. The highest BCUT2D eigenvalue weighted by Crippen LogP contribution is 2.32. The van der Waals surface area contributed by atoms with Crippen molar-refractivity contribution in [1.82, 2.24) is 10.6 Å². The van der Waals surface area contributed by atoms with Gasteiger partial charge in [-0.3, -0.25) is 4.79 Å². The second-order valence-electron chi connectivity index (χ2n) is 6.67. The van der Waals surface area contributed by atoms with Gasteiger partial charge >= 0.3 is 0 Å². The number of para-hydroxylation sites is 1. The van der Waals surface area contributed by atoms with Gasteiger partial charge in [-0.25, -0.2) is 0 Å². The normalized spacial score (nSPS) is 26.9. The van der Waals surface area contributed by atoms with E-state index in [-0.39, 0.29) is 5.91 Å². The molecule has 3 N–H and O–H groups in total. The first-order valence-electron chi connectivity index (χ1n) is 8.59. The summed E-state index contributed by atoms with van der Waals surface area (Å²) in [5.74, 6) is 0.704. The number of hydrogen-bond donors (Lipinski definition) is 3. The number of anilines is 1. The average molecular weight is 301 g/mol. The third-order valence-corrected chi connectivity index (χ3v) is 4.90. The Kier molecular flexibility index (Phi) is 5.11. The minimum atomic E-state index is 0.162. The predicted molar refractivity (Wildman–Crippen MR) is 89.7 cm³/mol. The fourth-order valence-corrected chi connectivity index (χ4v) is 3.86. The highest BCUT2D eigenvalue weighted by atomic mass is 16.1. The van der Waals surface area contributed by atoms with Crippen molar-refractivity contribution in [3.63, 3.8) is 0 Å². The molecule has 0 spiro atoms. The molecule has 1 amide bonds. The van der Waals surface area contributed by atoms with Gasteiger partial charge in [0.15, 0.2) is 0 Å². The molecule has 2 bridgehead atoms. The number of rotatable bonds is 6. The van der Waals surface area contributed by atoms with Crippen LogP contribution in [0.2, 0.25) is 0 Å². The number of carbonyl (C=O) groups is 1. The number of nitrogens with one attached hydrogen (secondary N) is 3. The van der Waals surface area contributed by atoms with E-state index in [1.165, 1.54) is 12.8 Å². The molecule has 0 saturated carbocycles. The maximum Gasteiger partial charge on any atom is 0.224 e. The molecule has 0 radical (unpaired) electrons. The molecule has 2 unspecified atom stereocenters. The van der Waals surface area contributed by atoms with Crippen LogP contribution in [-0.4, -0.2) is 24.5 Å². The maximum absolute atomic E-state index is 12.4. The topological polar surface area (TPSA) is 53.2 Å². The number of hydrogen-bond acceptors (Lipinski definition) is 3. The summed E-state index contributed by atoms with van der Waals surface area (Å²) in [5, 5.41) is 10.1. The number of fused-ring (bicyclic) bond motifs is 2. The van der Waals surface area contributed by atoms with Crippen LogP contribution in [0.3, 0.4) is 0 Å². The van der Waals surface area contributed by atoms with E-state index < -0.39 is 0 Å². The Labute approximate surface area is 133 Å². The van der Waals surface area contributed by atoms with Crippen LogP contribution in [0.5, 0.6) is 0 Å². The van der Waals surface area contributed by atoms with Crippen LogP contribution < -0.4 is 16.0 Å². The van der Waals surface area contributed by atoms with Gasteiger partial charge in [-0.2, -0.15) is 0 Å². The zero-order valence-electron chi connectivity index (χ0n) is 13.4. The third kappa shape index (κ3) is 3.87. The van der Waals surface area contributed by atoms with E-state index in [9.17, 15) is 4.79 Å². The number of carbonyl (C=O) groups excluding carboxylic acids is 1. The van der Waals surface area contributed by atoms with Crippen LogP contribution in [0, 0.1) is 5.92 Å². The van der Waals surface area contributed by atoms with Crippen LogP contribution in [-0.2, 0) is 11.3 Å². The van der Waals surface area contributed by atoms with Crippen molar-refractivity contribution in [2.24, 2.45) is 5.92 Å². The van der Waals surface area contributed by atoms with Crippen molar-refractivity contribution in [3.05, 3.63) is 29.8 Å². The van der Waals surface area contributed by atoms with E-state index in [1.807, 2.05) is 18.2 Å². The summed E-state index contributed by atoms with van der Waals surface area (Å²) >= 11 is 0. The first kappa shape index (κ1) is 15.5. The van der Waals surface area contributed by atoms with E-state index in [1.54, 1.807) is 0 Å². The summed E-state index contributed by atoms with van der Waals surface area (Å²) in [7, 11) is 0. The van der Waals surface area contributed by atoms with Crippen LogP contribution in [0.4, 0.5) is 5.69 Å². The van der Waals surface area contributed by atoms with Crippen LogP contribution in [0.1, 0.15) is 44.6 Å². The molecule has 2 aliphatic heterocycles. The molecule has 1 aromatic carbocycles. The van der Waals surface area contributed by atoms with Crippen LogP contribution >= 0.6 is 0 Å². The van der Waals surface area contributed by atoms with E-state index >= 15 is 0 Å². The Balaban J connectivity index is 1.55. The van der Waals surface area contributed by atoms with E-state index in [2.05, 4.69) is 28.9 Å². The average Bonchev–Trinajstić information content (AvgIpc) is 2.85. The van der Waals surface area contributed by atoms with Crippen molar-refractivity contribution >= 4 is 11.6 Å². The second-order valence-corrected chi connectivity index (χ2v) is 6.67. The number of benzene rings is 1. The number of amides is 1. The van der Waals surface area contributed by atoms with Crippen LogP contribution in [0.15, 0.2) is 24.3 Å². The van der Waals surface area contributed by atoms with E-state index in [0.717, 1.165) is 37.2 Å². The van der Waals surface area contributed by atoms with E-state index in [4.69, 9.17) is 0 Å². The van der Waals surface area contributed by atoms with Gasteiger partial charge in [-0.1, -0.05) is 25.1 Å². The standard InChI is InChI=1S/C18H27N3O/c1-2-19-12-14-5-3-4-6-17(14)21-18(22)11-13-9-15-7-8-16(10-13)20-15/h3-6,13,15-16,19-20H,2,7-12H2,1H3,(H,21,22). The first-order valence-corrected chi connectivity index (χ1v) is 8.59. The highest BCUT2D eigenvalue weighted by Gasteiger charge is 2.34. The quantitative estimate of drug-likeness (QED) is 0.757. The highest BCUT2D eigenvalue weighted by molar-refractivity contribution is 5.91. The largest absolute Gasteiger partial charge is 0.326 e. The Morgan fingerprint density at radius 1 is 1.23 bits per heavy atom. The lowest BCUT2D eigenvalue weighted by Gasteiger charge is -2.28. The summed E-state index contributed by atoms with van der Waals surface area (Å²) in [6.07, 6.45) is 5.54. The molecule has 3 rings (SSSR count). The summed E-state index contributed by atoms with van der Waals surface area (Å²) < 4.78 is 0. The third-order valence-electron chi connectivity index (χ3n) is 4.90. The van der Waals surface area contributed by atoms with Gasteiger partial charge < -0.3 is 16.0 Å². The molecule has 2 aliphatic rings. The maximum atomic E-state index is 12.4. The second kappa shape index (κ2) is 7.25. The van der Waals surface area contributed by atoms with Gasteiger partial charge in [0.2, 0.25) is 5.91 Å². The Hall–Kier alpha value is -1.39. The minimum Gasteiger partial charge on any atom is -0.326 e. The Bertz CT molecular complexity index is 505. The molecule has 2 fully saturated rings. The zero-order chi connectivity index (χ0) is 15.4. The van der Waals surface area contributed by atoms with Gasteiger partial charge in [0.05, 0.1) is 0 Å². The van der Waals surface area contributed by atoms with Gasteiger partial charge in [-0.05, 0) is 49.8 Å². The lowest BCUT2D eigenvalue weighted by Crippen LogP contribution is -2.39. The molecular weight excluding hydrogens is 274 g/mol. The fourth-order valence-electron chi connectivity index (χ4n) is 3.86. The van der Waals surface area contributed by atoms with Gasteiger partial charge in [0.1, 0.15) is 0 Å². The lowest BCUT2D eigenvalue weighted by molar-refractivity contribution is -0.117. The molecule has 0 aliphatic carbocycles. The summed E-state index contributed by atoms with van der Waals surface area (Å²) in [6.45, 7) is 3.82. The van der Waals surface area contributed by atoms with Gasteiger partial charge in [-0.15, -0.1) is 0 Å². The molecule has 2 heterocycles. The summed E-state index contributed by atoms with van der Waals surface area (Å²) in [4.78, 5) is 12.4. The van der Waals surface area contributed by atoms with Gasteiger partial charge in [0, 0.05) is 30.7 Å². The van der Waals surface area contributed by atoms with Crippen molar-refractivity contribution in [2.75, 3.05) is 11.9 Å². The smallest absolute Gasteiger partial charge is 0.224 e. The Morgan fingerprint density at radius 3 is 2.68 bits per heavy atom. The summed E-state index contributed by atoms with van der Waals surface area (Å²) in [5.41, 5.74) is 2.11. The lowest BCUT2D eigenvalue weighted by atomic mass is 9.89.